The van der Waals surface area contributed by atoms with E-state index >= 15 is 0 Å². The Labute approximate surface area is 137 Å². The number of aromatic nitrogens is 2. The van der Waals surface area contributed by atoms with Crippen LogP contribution < -0.4 is 10.6 Å². The Hall–Kier alpha value is -2.43. The van der Waals surface area contributed by atoms with Gasteiger partial charge in [-0.15, -0.1) is 0 Å². The van der Waals surface area contributed by atoms with Crippen LogP contribution in [0.4, 0.5) is 11.6 Å². The number of carbonyl (C=O) groups excluding carboxylic acids is 1. The number of hydrogen-bond donors (Lipinski definition) is 2. The fourth-order valence-corrected chi connectivity index (χ4v) is 2.04. The lowest BCUT2D eigenvalue weighted by Gasteiger charge is -2.08. The van der Waals surface area contributed by atoms with Crippen molar-refractivity contribution in [3.8, 4) is 0 Å². The second-order valence-electron chi connectivity index (χ2n) is 5.91. The van der Waals surface area contributed by atoms with Crippen molar-refractivity contribution in [2.45, 2.75) is 33.6 Å². The topological polar surface area (TPSA) is 66.9 Å². The van der Waals surface area contributed by atoms with Gasteiger partial charge in [0, 0.05) is 24.6 Å². The summed E-state index contributed by atoms with van der Waals surface area (Å²) in [6.45, 7) is 7.26. The molecule has 1 aromatic heterocycles. The molecule has 0 atom stereocenters. The molecule has 0 unspecified atom stereocenters. The van der Waals surface area contributed by atoms with Gasteiger partial charge in [0.2, 0.25) is 5.95 Å². The molecule has 0 spiro atoms. The smallest absolute Gasteiger partial charge is 0.258 e. The van der Waals surface area contributed by atoms with Gasteiger partial charge in [-0.3, -0.25) is 4.79 Å². The molecule has 2 N–H and O–H groups in total. The van der Waals surface area contributed by atoms with Crippen molar-refractivity contribution in [1.82, 2.24) is 9.97 Å². The van der Waals surface area contributed by atoms with Crippen LogP contribution in [0.3, 0.4) is 0 Å². The van der Waals surface area contributed by atoms with Crippen LogP contribution >= 0.6 is 0 Å². The maximum absolute atomic E-state index is 12.2. The Morgan fingerprint density at radius 2 is 1.78 bits per heavy atom. The summed E-state index contributed by atoms with van der Waals surface area (Å²) in [4.78, 5) is 20.5. The third kappa shape index (κ3) is 5.36. The van der Waals surface area contributed by atoms with Gasteiger partial charge in [-0.2, -0.15) is 0 Å². The molecule has 0 saturated carbocycles. The molecule has 0 bridgehead atoms. The van der Waals surface area contributed by atoms with Crippen molar-refractivity contribution in [2.24, 2.45) is 5.92 Å². The molecular weight excluding hydrogens is 288 g/mol. The van der Waals surface area contributed by atoms with Crippen LogP contribution in [-0.2, 0) is 6.42 Å². The highest BCUT2D eigenvalue weighted by atomic mass is 16.1. The van der Waals surface area contributed by atoms with Crippen LogP contribution in [0.15, 0.2) is 36.7 Å². The van der Waals surface area contributed by atoms with Crippen molar-refractivity contribution in [3.63, 3.8) is 0 Å². The van der Waals surface area contributed by atoms with Crippen LogP contribution in [0.5, 0.6) is 0 Å². The molecule has 0 aliphatic heterocycles. The van der Waals surface area contributed by atoms with Crippen LogP contribution in [-0.4, -0.2) is 22.4 Å². The number of benzene rings is 1. The predicted molar refractivity (Wildman–Crippen MR) is 93.7 cm³/mol. The van der Waals surface area contributed by atoms with Gasteiger partial charge in [-0.05, 0) is 36.5 Å². The summed E-state index contributed by atoms with van der Waals surface area (Å²) in [6, 6.07) is 7.82. The highest BCUT2D eigenvalue weighted by molar-refractivity contribution is 6.03. The van der Waals surface area contributed by atoms with E-state index in [1.54, 1.807) is 12.4 Å². The van der Waals surface area contributed by atoms with E-state index in [0.717, 1.165) is 25.1 Å². The van der Waals surface area contributed by atoms with Gasteiger partial charge in [0.25, 0.3) is 5.91 Å². The van der Waals surface area contributed by atoms with E-state index in [1.165, 1.54) is 5.56 Å². The van der Waals surface area contributed by atoms with Gasteiger partial charge in [-0.25, -0.2) is 9.97 Å². The number of aryl methyl sites for hydroxylation is 1. The molecule has 1 amide bonds. The van der Waals surface area contributed by atoms with Crippen LogP contribution in [0.25, 0.3) is 0 Å². The van der Waals surface area contributed by atoms with E-state index in [-0.39, 0.29) is 5.91 Å². The fourth-order valence-electron chi connectivity index (χ4n) is 2.04. The number of hydrogen-bond acceptors (Lipinski definition) is 4. The second-order valence-corrected chi connectivity index (χ2v) is 5.91. The standard InChI is InChI=1S/C18H24N4O/c1-4-14-5-7-16(8-6-14)22-17(23)15-11-20-18(21-12-15)19-10-9-13(2)3/h5-8,11-13H,4,9-10H2,1-3H3,(H,22,23)(H,19,20,21). The normalized spacial score (nSPS) is 10.6. The molecule has 0 saturated heterocycles. The molecule has 23 heavy (non-hydrogen) atoms. The summed E-state index contributed by atoms with van der Waals surface area (Å²) < 4.78 is 0. The minimum Gasteiger partial charge on any atom is -0.354 e. The SMILES string of the molecule is CCc1ccc(NC(=O)c2cnc(NCCC(C)C)nc2)cc1. The Morgan fingerprint density at radius 3 is 2.35 bits per heavy atom. The minimum atomic E-state index is -0.206. The average molecular weight is 312 g/mol. The van der Waals surface area contributed by atoms with Crippen molar-refractivity contribution in [3.05, 3.63) is 47.8 Å². The highest BCUT2D eigenvalue weighted by Crippen LogP contribution is 2.12. The Morgan fingerprint density at radius 1 is 1.13 bits per heavy atom. The van der Waals surface area contributed by atoms with E-state index in [0.29, 0.717) is 17.4 Å². The lowest BCUT2D eigenvalue weighted by molar-refractivity contribution is 0.102. The van der Waals surface area contributed by atoms with Gasteiger partial charge >= 0.3 is 0 Å². The molecule has 1 heterocycles. The van der Waals surface area contributed by atoms with Crippen molar-refractivity contribution in [2.75, 3.05) is 17.2 Å². The third-order valence-corrected chi connectivity index (χ3v) is 3.54. The molecular formula is C18H24N4O. The lowest BCUT2D eigenvalue weighted by Crippen LogP contribution is -2.14. The number of rotatable bonds is 7. The quantitative estimate of drug-likeness (QED) is 0.817. The van der Waals surface area contributed by atoms with Gasteiger partial charge in [0.05, 0.1) is 5.56 Å². The zero-order chi connectivity index (χ0) is 16.7. The molecule has 0 aliphatic carbocycles. The maximum atomic E-state index is 12.2. The summed E-state index contributed by atoms with van der Waals surface area (Å²) in [5.74, 6) is 0.976. The highest BCUT2D eigenvalue weighted by Gasteiger charge is 2.07. The fraction of sp³-hybridized carbons (Fsp3) is 0.389. The van der Waals surface area contributed by atoms with Crippen LogP contribution in [0.2, 0.25) is 0 Å². The summed E-state index contributed by atoms with van der Waals surface area (Å²) in [5.41, 5.74) is 2.45. The first-order valence-electron chi connectivity index (χ1n) is 8.04. The van der Waals surface area contributed by atoms with Crippen molar-refractivity contribution in [1.29, 1.82) is 0 Å². The molecule has 122 valence electrons. The maximum Gasteiger partial charge on any atom is 0.258 e. The molecule has 5 heteroatoms. The first kappa shape index (κ1) is 16.9. The summed E-state index contributed by atoms with van der Waals surface area (Å²) in [7, 11) is 0. The van der Waals surface area contributed by atoms with Crippen LogP contribution in [0.1, 0.15) is 43.1 Å². The zero-order valence-electron chi connectivity index (χ0n) is 14.0. The number of nitrogens with zero attached hydrogens (tertiary/aromatic N) is 2. The van der Waals surface area contributed by atoms with E-state index in [2.05, 4.69) is 41.4 Å². The molecule has 0 aliphatic rings. The van der Waals surface area contributed by atoms with Crippen LogP contribution in [0, 0.1) is 5.92 Å². The lowest BCUT2D eigenvalue weighted by atomic mass is 10.1. The molecule has 2 aromatic rings. The van der Waals surface area contributed by atoms with E-state index in [1.807, 2.05) is 24.3 Å². The Balaban J connectivity index is 1.91. The average Bonchev–Trinajstić information content (AvgIpc) is 2.56. The Kier molecular flexibility index (Phi) is 6.09. The number of nitrogens with one attached hydrogen (secondary N) is 2. The third-order valence-electron chi connectivity index (χ3n) is 3.54. The van der Waals surface area contributed by atoms with Gasteiger partial charge in [-0.1, -0.05) is 32.9 Å². The first-order valence-corrected chi connectivity index (χ1v) is 8.04. The molecule has 0 radical (unpaired) electrons. The summed E-state index contributed by atoms with van der Waals surface area (Å²) in [6.07, 6.45) is 5.12. The largest absolute Gasteiger partial charge is 0.354 e. The predicted octanol–water partition coefficient (Wildman–Crippen LogP) is 3.75. The van der Waals surface area contributed by atoms with Gasteiger partial charge < -0.3 is 10.6 Å². The number of amides is 1. The van der Waals surface area contributed by atoms with Crippen molar-refractivity contribution < 1.29 is 4.79 Å². The molecule has 0 fully saturated rings. The number of carbonyl (C=O) groups is 1. The number of anilines is 2. The second kappa shape index (κ2) is 8.27. The molecule has 1 aromatic carbocycles. The zero-order valence-corrected chi connectivity index (χ0v) is 14.0. The van der Waals surface area contributed by atoms with Gasteiger partial charge in [0.15, 0.2) is 0 Å². The monoisotopic (exact) mass is 312 g/mol. The summed E-state index contributed by atoms with van der Waals surface area (Å²) in [5, 5.41) is 6.00. The van der Waals surface area contributed by atoms with E-state index in [9.17, 15) is 4.79 Å². The molecule has 2 rings (SSSR count). The summed E-state index contributed by atoms with van der Waals surface area (Å²) >= 11 is 0. The van der Waals surface area contributed by atoms with Gasteiger partial charge in [0.1, 0.15) is 0 Å². The van der Waals surface area contributed by atoms with E-state index in [4.69, 9.17) is 0 Å². The molecule has 5 nitrogen and oxygen atoms in total. The van der Waals surface area contributed by atoms with Crippen molar-refractivity contribution >= 4 is 17.5 Å². The minimum absolute atomic E-state index is 0.206. The first-order chi connectivity index (χ1) is 11.1. The Bertz CT molecular complexity index is 620. The van der Waals surface area contributed by atoms with E-state index < -0.39 is 0 Å².